The van der Waals surface area contributed by atoms with Crippen molar-refractivity contribution in [1.29, 1.82) is 0 Å². The molecule has 0 unspecified atom stereocenters. The zero-order valence-electron chi connectivity index (χ0n) is 28.2. The number of anilines is 3. The Morgan fingerprint density at radius 1 is 0.979 bits per heavy atom. The van der Waals surface area contributed by atoms with Gasteiger partial charge in [0.15, 0.2) is 13.9 Å². The number of methoxy groups -OCH3 is 1. The van der Waals surface area contributed by atoms with Gasteiger partial charge in [-0.05, 0) is 93.5 Å². The van der Waals surface area contributed by atoms with Gasteiger partial charge in [-0.25, -0.2) is 0 Å². The van der Waals surface area contributed by atoms with Gasteiger partial charge in [0, 0.05) is 35.0 Å². The Hall–Kier alpha value is -3.74. The molecule has 3 saturated heterocycles. The number of piperidine rings is 1. The van der Waals surface area contributed by atoms with Gasteiger partial charge in [0.1, 0.15) is 11.3 Å². The molecule has 3 N–H and O–H groups in total. The highest BCUT2D eigenvalue weighted by atomic mass is 28.4. The molecule has 11 heteroatoms. The Kier molecular flexibility index (Phi) is 8.40. The lowest BCUT2D eigenvalue weighted by molar-refractivity contribution is -0.146. The highest BCUT2D eigenvalue weighted by Crippen LogP contribution is 2.60. The second-order valence-corrected chi connectivity index (χ2v) is 18.2. The smallest absolute Gasteiger partial charge is 0.264 e. The average molecular weight is 671 g/mol. The van der Waals surface area contributed by atoms with E-state index in [4.69, 9.17) is 9.47 Å². The standard InChI is InChI=1S/C37H46N4O6Si/c1-25-33(48(3,4)45)32(16-21-42)47-37(25)30-22-29(46-2)14-15-31(30)39(35(37)44)23-26-10-12-27(13-11-26)40-24-41(28-8-6-5-7-9-28)36(34(40)43)17-19-38-20-18-36/h5-15,22,25,32-33,38,42,45H,16-21,23-24H2,1-4H3/t25-,32+,33-,37+/m1/s1. The number of benzene rings is 3. The first-order valence-electron chi connectivity index (χ1n) is 17.0. The fourth-order valence-electron chi connectivity index (χ4n) is 8.87. The maximum absolute atomic E-state index is 14.7. The van der Waals surface area contributed by atoms with Crippen molar-refractivity contribution in [2.45, 2.75) is 68.6 Å². The molecule has 48 heavy (non-hydrogen) atoms. The molecular formula is C37H46N4O6Si. The van der Waals surface area contributed by atoms with Gasteiger partial charge in [-0.1, -0.05) is 37.3 Å². The lowest BCUT2D eigenvalue weighted by Gasteiger charge is -2.39. The van der Waals surface area contributed by atoms with Crippen LogP contribution in [0.3, 0.4) is 0 Å². The third-order valence-corrected chi connectivity index (χ3v) is 13.6. The first-order valence-corrected chi connectivity index (χ1v) is 20.0. The molecule has 4 atom stereocenters. The molecule has 7 rings (SSSR count). The SMILES string of the molecule is COc1ccc2c(c1)[C@]1(O[C@@H](CCO)[C@H]([Si](C)(C)O)[C@H]1C)C(=O)N2Cc1ccc(N2CN(c3ccccc3)C3(CCNCC3)C2=O)cc1. The second-order valence-electron chi connectivity index (χ2n) is 14.2. The van der Waals surface area contributed by atoms with Gasteiger partial charge in [-0.3, -0.25) is 14.5 Å². The minimum atomic E-state index is -2.79. The van der Waals surface area contributed by atoms with Crippen LogP contribution < -0.4 is 24.8 Å². The van der Waals surface area contributed by atoms with Gasteiger partial charge in [-0.2, -0.15) is 0 Å². The zero-order chi connectivity index (χ0) is 33.8. The molecule has 2 amide bonds. The van der Waals surface area contributed by atoms with Crippen LogP contribution in [-0.4, -0.2) is 75.2 Å². The summed E-state index contributed by atoms with van der Waals surface area (Å²) < 4.78 is 12.3. The van der Waals surface area contributed by atoms with E-state index >= 15 is 0 Å². The molecule has 254 valence electrons. The fraction of sp³-hybridized carbons (Fsp3) is 0.459. The number of carbonyl (C=O) groups excluding carboxylic acids is 2. The summed E-state index contributed by atoms with van der Waals surface area (Å²) in [6.07, 6.45) is 1.38. The number of para-hydroxylation sites is 1. The summed E-state index contributed by atoms with van der Waals surface area (Å²) >= 11 is 0. The van der Waals surface area contributed by atoms with Gasteiger partial charge in [0.25, 0.3) is 11.8 Å². The summed E-state index contributed by atoms with van der Waals surface area (Å²) in [5.41, 5.74) is 2.14. The summed E-state index contributed by atoms with van der Waals surface area (Å²) in [4.78, 5) is 46.1. The summed E-state index contributed by atoms with van der Waals surface area (Å²) in [5, 5.41) is 13.3. The van der Waals surface area contributed by atoms with Crippen LogP contribution in [-0.2, 0) is 26.5 Å². The van der Waals surface area contributed by atoms with Crippen LogP contribution in [0.4, 0.5) is 17.1 Å². The molecule has 4 aliphatic rings. The summed E-state index contributed by atoms with van der Waals surface area (Å²) in [6, 6.07) is 23.7. The van der Waals surface area contributed by atoms with Crippen molar-refractivity contribution in [2.75, 3.05) is 48.2 Å². The number of aliphatic hydroxyl groups is 1. The molecule has 10 nitrogen and oxygen atoms in total. The number of rotatable bonds is 8. The maximum atomic E-state index is 14.7. The van der Waals surface area contributed by atoms with Crippen molar-refractivity contribution in [2.24, 2.45) is 5.92 Å². The first-order chi connectivity index (χ1) is 23.0. The third-order valence-electron chi connectivity index (χ3n) is 11.1. The van der Waals surface area contributed by atoms with Crippen molar-refractivity contribution in [3.63, 3.8) is 0 Å². The topological polar surface area (TPSA) is 115 Å². The number of hydrogen-bond donors (Lipinski definition) is 3. The van der Waals surface area contributed by atoms with E-state index < -0.39 is 25.6 Å². The number of amides is 2. The van der Waals surface area contributed by atoms with E-state index in [1.807, 2.05) is 85.6 Å². The lowest BCUT2D eigenvalue weighted by Crippen LogP contribution is -2.55. The van der Waals surface area contributed by atoms with E-state index in [1.165, 1.54) is 0 Å². The molecule has 0 aromatic heterocycles. The molecule has 0 aliphatic carbocycles. The van der Waals surface area contributed by atoms with E-state index in [-0.39, 0.29) is 29.9 Å². The number of nitrogens with one attached hydrogen (secondary N) is 1. The summed E-state index contributed by atoms with van der Waals surface area (Å²) in [7, 11) is -1.19. The largest absolute Gasteiger partial charge is 0.497 e. The van der Waals surface area contributed by atoms with Gasteiger partial charge < -0.3 is 34.5 Å². The third kappa shape index (κ3) is 5.06. The normalized spacial score (nSPS) is 26.6. The highest BCUT2D eigenvalue weighted by molar-refractivity contribution is 6.71. The molecule has 0 bridgehead atoms. The van der Waals surface area contributed by atoms with Gasteiger partial charge >= 0.3 is 0 Å². The van der Waals surface area contributed by atoms with Crippen LogP contribution in [0.15, 0.2) is 72.8 Å². The van der Waals surface area contributed by atoms with E-state index in [0.717, 1.165) is 54.1 Å². The number of nitrogens with zero attached hydrogens (tertiary/aromatic N) is 3. The minimum absolute atomic E-state index is 0.0930. The quantitative estimate of drug-likeness (QED) is 0.303. The number of ether oxygens (including phenoxy) is 2. The van der Waals surface area contributed by atoms with Crippen LogP contribution in [0, 0.1) is 5.92 Å². The van der Waals surface area contributed by atoms with Crippen molar-refractivity contribution in [1.82, 2.24) is 5.32 Å². The molecule has 3 aromatic carbocycles. The predicted octanol–water partition coefficient (Wildman–Crippen LogP) is 4.36. The fourth-order valence-corrected chi connectivity index (χ4v) is 11.5. The lowest BCUT2D eigenvalue weighted by atomic mass is 9.82. The van der Waals surface area contributed by atoms with Gasteiger partial charge in [0.05, 0.1) is 32.1 Å². The van der Waals surface area contributed by atoms with Gasteiger partial charge in [0.2, 0.25) is 0 Å². The molecule has 3 aromatic rings. The van der Waals surface area contributed by atoms with Crippen LogP contribution in [0.2, 0.25) is 18.6 Å². The molecule has 2 spiro atoms. The van der Waals surface area contributed by atoms with Crippen molar-refractivity contribution in [3.05, 3.63) is 83.9 Å². The van der Waals surface area contributed by atoms with Crippen molar-refractivity contribution in [3.8, 4) is 5.75 Å². The molecule has 3 fully saturated rings. The Balaban J connectivity index is 1.19. The monoisotopic (exact) mass is 670 g/mol. The van der Waals surface area contributed by atoms with Crippen LogP contribution in [0.1, 0.15) is 37.3 Å². The summed E-state index contributed by atoms with van der Waals surface area (Å²) in [6.45, 7) is 8.03. The first kappa shape index (κ1) is 32.8. The minimum Gasteiger partial charge on any atom is -0.497 e. The second kappa shape index (κ2) is 12.3. The van der Waals surface area contributed by atoms with Gasteiger partial charge in [-0.15, -0.1) is 0 Å². The predicted molar refractivity (Wildman–Crippen MR) is 188 cm³/mol. The van der Waals surface area contributed by atoms with E-state index in [9.17, 15) is 19.5 Å². The number of carbonyl (C=O) groups is 2. The van der Waals surface area contributed by atoms with Crippen LogP contribution in [0.25, 0.3) is 0 Å². The van der Waals surface area contributed by atoms with E-state index in [2.05, 4.69) is 22.3 Å². The molecule has 4 aliphatic heterocycles. The summed E-state index contributed by atoms with van der Waals surface area (Å²) in [5.74, 6) is 0.251. The Morgan fingerprint density at radius 2 is 1.69 bits per heavy atom. The molecule has 4 heterocycles. The number of aliphatic hydroxyl groups excluding tert-OH is 1. The number of hydrogen-bond acceptors (Lipinski definition) is 8. The number of fused-ring (bicyclic) bond motifs is 2. The highest BCUT2D eigenvalue weighted by Gasteiger charge is 2.66. The maximum Gasteiger partial charge on any atom is 0.264 e. The van der Waals surface area contributed by atoms with E-state index in [0.29, 0.717) is 25.4 Å². The Morgan fingerprint density at radius 3 is 2.33 bits per heavy atom. The molecule has 0 radical (unpaired) electrons. The Labute approximate surface area is 283 Å². The van der Waals surface area contributed by atoms with Crippen molar-refractivity contribution >= 4 is 37.2 Å². The molecule has 0 saturated carbocycles. The van der Waals surface area contributed by atoms with Crippen LogP contribution >= 0.6 is 0 Å². The van der Waals surface area contributed by atoms with E-state index in [1.54, 1.807) is 12.0 Å². The van der Waals surface area contributed by atoms with Crippen molar-refractivity contribution < 1.29 is 29.0 Å². The Bertz CT molecular complexity index is 1680. The zero-order valence-corrected chi connectivity index (χ0v) is 29.2. The van der Waals surface area contributed by atoms with Crippen LogP contribution in [0.5, 0.6) is 5.75 Å². The average Bonchev–Trinajstić information content (AvgIpc) is 3.63. The molecular weight excluding hydrogens is 625 g/mol.